The first-order chi connectivity index (χ1) is 7.19. The Bertz CT molecular complexity index is 323. The summed E-state index contributed by atoms with van der Waals surface area (Å²) in [7, 11) is 0. The summed E-state index contributed by atoms with van der Waals surface area (Å²) in [6, 6.07) is 3.56. The molecule has 0 aliphatic carbocycles. The first kappa shape index (κ1) is 11.5. The van der Waals surface area contributed by atoms with E-state index in [2.05, 4.69) is 4.98 Å². The Morgan fingerprint density at radius 1 is 1.60 bits per heavy atom. The molecule has 0 aliphatic heterocycles. The average molecular weight is 208 g/mol. The predicted octanol–water partition coefficient (Wildman–Crippen LogP) is 0.184. The van der Waals surface area contributed by atoms with Gasteiger partial charge in [-0.1, -0.05) is 0 Å². The van der Waals surface area contributed by atoms with Gasteiger partial charge in [0.15, 0.2) is 0 Å². The van der Waals surface area contributed by atoms with Gasteiger partial charge in [0.2, 0.25) is 0 Å². The van der Waals surface area contributed by atoms with Gasteiger partial charge in [-0.25, -0.2) is 4.98 Å². The number of aliphatic hydroxyl groups excluding tert-OH is 1. The number of aliphatic hydroxyl groups is 1. The molecule has 1 aromatic rings. The molecule has 1 rings (SSSR count). The number of aromatic nitrogens is 1. The fourth-order valence-corrected chi connectivity index (χ4v) is 1.29. The van der Waals surface area contributed by atoms with Crippen molar-refractivity contribution in [2.45, 2.75) is 6.92 Å². The van der Waals surface area contributed by atoms with Crippen molar-refractivity contribution < 1.29 is 5.11 Å². The third-order valence-electron chi connectivity index (χ3n) is 2.13. The molecule has 1 heterocycles. The quantitative estimate of drug-likeness (QED) is 0.476. The molecule has 0 spiro atoms. The minimum absolute atomic E-state index is 0.0132. The lowest BCUT2D eigenvalue weighted by Gasteiger charge is -2.20. The lowest BCUT2D eigenvalue weighted by molar-refractivity contribution is 0.302. The zero-order valence-electron chi connectivity index (χ0n) is 8.77. The van der Waals surface area contributed by atoms with Crippen LogP contribution < -0.4 is 10.6 Å². The second kappa shape index (κ2) is 5.31. The Morgan fingerprint density at radius 3 is 2.73 bits per heavy atom. The number of nitrogens with two attached hydrogens (primary N) is 1. The molecule has 0 fully saturated rings. The smallest absolute Gasteiger partial charge is 0.128 e. The van der Waals surface area contributed by atoms with Crippen LogP contribution in [0.25, 0.3) is 0 Å². The molecule has 0 aromatic carbocycles. The van der Waals surface area contributed by atoms with Crippen LogP contribution in [0.2, 0.25) is 0 Å². The molecule has 5 nitrogen and oxygen atoms in total. The summed E-state index contributed by atoms with van der Waals surface area (Å²) in [6.45, 7) is 3.44. The van der Waals surface area contributed by atoms with E-state index in [9.17, 15) is 0 Å². The maximum atomic E-state index is 8.85. The number of hydrogen-bond donors (Lipinski definition) is 3. The van der Waals surface area contributed by atoms with E-state index in [1.165, 1.54) is 0 Å². The maximum Gasteiger partial charge on any atom is 0.128 e. The van der Waals surface area contributed by atoms with Crippen LogP contribution in [0.3, 0.4) is 0 Å². The molecule has 0 radical (unpaired) electrons. The number of likely N-dealkylation sites (N-methyl/N-ethyl adjacent to an activating group) is 1. The van der Waals surface area contributed by atoms with Crippen LogP contribution >= 0.6 is 0 Å². The number of anilines is 1. The topological polar surface area (TPSA) is 86.2 Å². The van der Waals surface area contributed by atoms with Crippen LogP contribution in [0.15, 0.2) is 18.3 Å². The summed E-state index contributed by atoms with van der Waals surface area (Å²) in [5.41, 5.74) is 5.93. The molecule has 4 N–H and O–H groups in total. The van der Waals surface area contributed by atoms with Gasteiger partial charge in [-0.2, -0.15) is 0 Å². The number of pyridine rings is 1. The van der Waals surface area contributed by atoms with Crippen molar-refractivity contribution in [3.8, 4) is 0 Å². The second-order valence-corrected chi connectivity index (χ2v) is 3.12. The average Bonchev–Trinajstić information content (AvgIpc) is 2.26. The number of nitrogens with one attached hydrogen (secondary N) is 1. The van der Waals surface area contributed by atoms with Crippen molar-refractivity contribution in [1.29, 1.82) is 5.41 Å². The monoisotopic (exact) mass is 208 g/mol. The van der Waals surface area contributed by atoms with Crippen LogP contribution in [0.5, 0.6) is 0 Å². The standard InChI is InChI=1S/C10H16N4O/c1-2-14(5-6-15)9-4-3-8(7-13-9)10(11)12/h3-4,7,15H,2,5-6H2,1H3,(H3,11,12). The van der Waals surface area contributed by atoms with Gasteiger partial charge in [-0.15, -0.1) is 0 Å². The van der Waals surface area contributed by atoms with E-state index < -0.39 is 0 Å². The van der Waals surface area contributed by atoms with Crippen molar-refractivity contribution in [2.75, 3.05) is 24.6 Å². The molecular formula is C10H16N4O. The first-order valence-corrected chi connectivity index (χ1v) is 4.85. The first-order valence-electron chi connectivity index (χ1n) is 4.85. The van der Waals surface area contributed by atoms with Gasteiger partial charge in [-0.05, 0) is 19.1 Å². The van der Waals surface area contributed by atoms with Gasteiger partial charge >= 0.3 is 0 Å². The van der Waals surface area contributed by atoms with Crippen LogP contribution in [0, 0.1) is 5.41 Å². The van der Waals surface area contributed by atoms with E-state index in [-0.39, 0.29) is 12.4 Å². The summed E-state index contributed by atoms with van der Waals surface area (Å²) >= 11 is 0. The van der Waals surface area contributed by atoms with Crippen molar-refractivity contribution in [3.05, 3.63) is 23.9 Å². The molecule has 0 atom stereocenters. The molecule has 0 saturated carbocycles. The van der Waals surface area contributed by atoms with Gasteiger partial charge in [0.1, 0.15) is 11.7 Å². The number of nitrogen functional groups attached to an aromatic ring is 1. The Balaban J connectivity index is 2.81. The highest BCUT2D eigenvalue weighted by Crippen LogP contribution is 2.10. The second-order valence-electron chi connectivity index (χ2n) is 3.12. The summed E-state index contributed by atoms with van der Waals surface area (Å²) in [4.78, 5) is 6.13. The largest absolute Gasteiger partial charge is 0.395 e. The molecule has 82 valence electrons. The Kier molecular flexibility index (Phi) is 4.05. The van der Waals surface area contributed by atoms with Crippen molar-refractivity contribution in [2.24, 2.45) is 5.73 Å². The summed E-state index contributed by atoms with van der Waals surface area (Å²) in [6.07, 6.45) is 1.57. The Morgan fingerprint density at radius 2 is 2.33 bits per heavy atom. The zero-order chi connectivity index (χ0) is 11.3. The molecule has 0 unspecified atom stereocenters. The third-order valence-corrected chi connectivity index (χ3v) is 2.13. The van der Waals surface area contributed by atoms with E-state index in [1.807, 2.05) is 11.8 Å². The summed E-state index contributed by atoms with van der Waals surface area (Å²) in [5, 5.41) is 16.1. The Hall–Kier alpha value is -1.62. The lowest BCUT2D eigenvalue weighted by atomic mass is 10.2. The number of hydrogen-bond acceptors (Lipinski definition) is 4. The lowest BCUT2D eigenvalue weighted by Crippen LogP contribution is -2.27. The normalized spacial score (nSPS) is 10.0. The van der Waals surface area contributed by atoms with Gasteiger partial charge in [0, 0.05) is 24.8 Å². The number of amidine groups is 1. The van der Waals surface area contributed by atoms with Crippen LogP contribution in [0.4, 0.5) is 5.82 Å². The van der Waals surface area contributed by atoms with Crippen molar-refractivity contribution >= 4 is 11.7 Å². The van der Waals surface area contributed by atoms with Crippen molar-refractivity contribution in [1.82, 2.24) is 4.98 Å². The van der Waals surface area contributed by atoms with Crippen LogP contribution in [-0.2, 0) is 0 Å². The SMILES string of the molecule is CCN(CCO)c1ccc(C(=N)N)cn1. The fraction of sp³-hybridized carbons (Fsp3) is 0.400. The molecule has 15 heavy (non-hydrogen) atoms. The third kappa shape index (κ3) is 2.92. The van der Waals surface area contributed by atoms with E-state index in [0.717, 1.165) is 12.4 Å². The van der Waals surface area contributed by atoms with E-state index in [1.54, 1.807) is 18.3 Å². The summed E-state index contributed by atoms with van der Waals surface area (Å²) in [5.74, 6) is 0.802. The minimum atomic E-state index is 0.0132. The van der Waals surface area contributed by atoms with Gasteiger partial charge in [0.25, 0.3) is 0 Å². The molecular weight excluding hydrogens is 192 g/mol. The minimum Gasteiger partial charge on any atom is -0.395 e. The highest BCUT2D eigenvalue weighted by Gasteiger charge is 2.05. The van der Waals surface area contributed by atoms with Crippen LogP contribution in [-0.4, -0.2) is 35.6 Å². The predicted molar refractivity (Wildman–Crippen MR) is 60.2 cm³/mol. The van der Waals surface area contributed by atoms with Crippen LogP contribution in [0.1, 0.15) is 12.5 Å². The van der Waals surface area contributed by atoms with E-state index in [4.69, 9.17) is 16.2 Å². The molecule has 0 saturated heterocycles. The molecule has 0 aliphatic rings. The molecule has 5 heteroatoms. The number of nitrogens with zero attached hydrogens (tertiary/aromatic N) is 2. The molecule has 0 amide bonds. The Labute approximate surface area is 89.1 Å². The van der Waals surface area contributed by atoms with Gasteiger partial charge < -0.3 is 15.7 Å². The van der Waals surface area contributed by atoms with E-state index >= 15 is 0 Å². The fourth-order valence-electron chi connectivity index (χ4n) is 1.29. The van der Waals surface area contributed by atoms with Crippen molar-refractivity contribution in [3.63, 3.8) is 0 Å². The summed E-state index contributed by atoms with van der Waals surface area (Å²) < 4.78 is 0. The van der Waals surface area contributed by atoms with Gasteiger partial charge in [-0.3, -0.25) is 5.41 Å². The highest BCUT2D eigenvalue weighted by molar-refractivity contribution is 5.94. The maximum absolute atomic E-state index is 8.85. The highest BCUT2D eigenvalue weighted by atomic mass is 16.3. The molecule has 1 aromatic heterocycles. The molecule has 0 bridgehead atoms. The zero-order valence-corrected chi connectivity index (χ0v) is 8.77. The number of rotatable bonds is 5. The van der Waals surface area contributed by atoms with E-state index in [0.29, 0.717) is 12.1 Å². The van der Waals surface area contributed by atoms with Gasteiger partial charge in [0.05, 0.1) is 6.61 Å².